The van der Waals surface area contributed by atoms with E-state index < -0.39 is 11.7 Å². The first kappa shape index (κ1) is 41.9. The fourth-order valence-electron chi connectivity index (χ4n) is 8.85. The maximum absolute atomic E-state index is 14.8. The maximum atomic E-state index is 14.8. The molecule has 0 amide bonds. The van der Waals surface area contributed by atoms with E-state index in [2.05, 4.69) is 171 Å². The molecule has 8 aromatic rings. The number of alkyl halides is 3. The summed E-state index contributed by atoms with van der Waals surface area (Å²) in [5, 5.41) is 15.1. The smallest absolute Gasteiger partial charge is 0.308 e. The second-order valence-electron chi connectivity index (χ2n) is 21.2. The Kier molecular flexibility index (Phi) is 9.52. The number of nitrogens with zero attached hydrogens (tertiary/aromatic N) is 3. The number of nitriles is 1. The highest BCUT2D eigenvalue weighted by Crippen LogP contribution is 2.46. The lowest BCUT2D eigenvalue weighted by molar-refractivity contribution is -0.137. The summed E-state index contributed by atoms with van der Waals surface area (Å²) in [5.74, 6) is 0. The molecule has 3 nitrogen and oxygen atoms in total. The van der Waals surface area contributed by atoms with Gasteiger partial charge in [0.2, 0.25) is 0 Å². The van der Waals surface area contributed by atoms with Gasteiger partial charge in [0, 0.05) is 27.1 Å². The zero-order chi connectivity index (χ0) is 44.4. The van der Waals surface area contributed by atoms with Crippen LogP contribution in [-0.2, 0) is 27.8 Å². The lowest BCUT2D eigenvalue weighted by Gasteiger charge is -2.23. The molecule has 6 aromatic carbocycles. The molecule has 2 aromatic heterocycles. The fourth-order valence-corrected chi connectivity index (χ4v) is 8.85. The number of fused-ring (bicyclic) bond motifs is 6. The van der Waals surface area contributed by atoms with Crippen molar-refractivity contribution in [3.8, 4) is 28.6 Å². The van der Waals surface area contributed by atoms with Crippen LogP contribution in [-0.4, -0.2) is 9.13 Å². The Balaban J connectivity index is 1.61. The minimum absolute atomic E-state index is 0.130. The van der Waals surface area contributed by atoms with E-state index in [0.29, 0.717) is 33.6 Å². The molecular formula is C55H56F3N3. The third-order valence-electron chi connectivity index (χ3n) is 12.4. The van der Waals surface area contributed by atoms with Gasteiger partial charge in [-0.15, -0.1) is 0 Å². The van der Waals surface area contributed by atoms with E-state index in [0.717, 1.165) is 43.6 Å². The molecule has 0 saturated heterocycles. The number of aromatic nitrogens is 2. The Bertz CT molecular complexity index is 2800. The van der Waals surface area contributed by atoms with E-state index >= 15 is 0 Å². The van der Waals surface area contributed by atoms with Crippen LogP contribution in [0.2, 0.25) is 0 Å². The lowest BCUT2D eigenvalue weighted by atomic mass is 9.85. The Morgan fingerprint density at radius 2 is 0.754 bits per heavy atom. The van der Waals surface area contributed by atoms with E-state index in [1.807, 2.05) is 18.2 Å². The van der Waals surface area contributed by atoms with Crippen molar-refractivity contribution in [2.75, 3.05) is 0 Å². The van der Waals surface area contributed by atoms with Crippen LogP contribution in [0, 0.1) is 18.3 Å². The van der Waals surface area contributed by atoms with Crippen LogP contribution in [0.3, 0.4) is 0 Å². The highest BCUT2D eigenvalue weighted by atomic mass is 19.4. The summed E-state index contributed by atoms with van der Waals surface area (Å²) >= 11 is 0. The summed E-state index contributed by atoms with van der Waals surface area (Å²) in [6, 6.07) is 36.7. The summed E-state index contributed by atoms with van der Waals surface area (Å²) < 4.78 is 48.9. The largest absolute Gasteiger partial charge is 0.416 e. The highest BCUT2D eigenvalue weighted by molar-refractivity contribution is 6.12. The number of aryl methyl sites for hydroxylation is 1. The van der Waals surface area contributed by atoms with Crippen molar-refractivity contribution >= 4 is 43.6 Å². The molecule has 0 bridgehead atoms. The summed E-state index contributed by atoms with van der Waals surface area (Å²) in [4.78, 5) is 0. The lowest BCUT2D eigenvalue weighted by Crippen LogP contribution is -2.11. The Morgan fingerprint density at radius 1 is 0.426 bits per heavy atom. The molecule has 0 spiro atoms. The zero-order valence-electron chi connectivity index (χ0n) is 37.8. The molecule has 0 aliphatic carbocycles. The van der Waals surface area contributed by atoms with Crippen molar-refractivity contribution in [2.45, 2.75) is 118 Å². The Morgan fingerprint density at radius 3 is 1.03 bits per heavy atom. The maximum Gasteiger partial charge on any atom is 0.416 e. The zero-order valence-corrected chi connectivity index (χ0v) is 37.8. The number of hydrogen-bond donors (Lipinski definition) is 0. The van der Waals surface area contributed by atoms with Gasteiger partial charge in [-0.05, 0) is 135 Å². The van der Waals surface area contributed by atoms with Gasteiger partial charge < -0.3 is 9.13 Å². The average Bonchev–Trinajstić information content (AvgIpc) is 3.66. The highest BCUT2D eigenvalue weighted by Gasteiger charge is 2.33. The molecule has 312 valence electrons. The molecule has 61 heavy (non-hydrogen) atoms. The Labute approximate surface area is 358 Å². The normalized spacial score (nSPS) is 13.2. The minimum atomic E-state index is -4.58. The summed E-state index contributed by atoms with van der Waals surface area (Å²) in [7, 11) is 0. The van der Waals surface area contributed by atoms with Crippen molar-refractivity contribution in [3.63, 3.8) is 0 Å². The third kappa shape index (κ3) is 7.30. The molecule has 2 heterocycles. The van der Waals surface area contributed by atoms with Crippen LogP contribution in [0.1, 0.15) is 122 Å². The number of rotatable bonds is 3. The predicted molar refractivity (Wildman–Crippen MR) is 250 cm³/mol. The SMILES string of the molecule is Cc1cc(-c2c(-n3c4ccc(C(C)(C)C)cc4c4cc(C(C)(C)C)ccc43)cc(C#N)cc2-n2c3ccc(C(C)(C)C)cc3c3cc(C(C)(C)C)ccc32)cc(C(F)(F)F)c1. The van der Waals surface area contributed by atoms with Gasteiger partial charge in [0.15, 0.2) is 0 Å². The van der Waals surface area contributed by atoms with Gasteiger partial charge in [-0.25, -0.2) is 0 Å². The van der Waals surface area contributed by atoms with E-state index in [-0.39, 0.29) is 21.7 Å². The minimum Gasteiger partial charge on any atom is -0.308 e. The third-order valence-corrected chi connectivity index (χ3v) is 12.4. The topological polar surface area (TPSA) is 33.6 Å². The molecular weight excluding hydrogens is 760 g/mol. The molecule has 0 N–H and O–H groups in total. The van der Waals surface area contributed by atoms with Crippen LogP contribution in [0.15, 0.2) is 103 Å². The van der Waals surface area contributed by atoms with E-state index in [9.17, 15) is 18.4 Å². The molecule has 0 unspecified atom stereocenters. The van der Waals surface area contributed by atoms with Crippen molar-refractivity contribution in [2.24, 2.45) is 0 Å². The Hall–Kier alpha value is -5.80. The second-order valence-corrected chi connectivity index (χ2v) is 21.2. The van der Waals surface area contributed by atoms with Gasteiger partial charge in [0.25, 0.3) is 0 Å². The first-order valence-corrected chi connectivity index (χ1v) is 21.2. The molecule has 0 aliphatic rings. The van der Waals surface area contributed by atoms with Crippen LogP contribution in [0.25, 0.3) is 66.1 Å². The molecule has 0 aliphatic heterocycles. The van der Waals surface area contributed by atoms with Crippen LogP contribution >= 0.6 is 0 Å². The molecule has 0 atom stereocenters. The summed E-state index contributed by atoms with van der Waals surface area (Å²) in [6.07, 6.45) is -4.58. The molecule has 0 fully saturated rings. The molecule has 8 rings (SSSR count). The monoisotopic (exact) mass is 815 g/mol. The van der Waals surface area contributed by atoms with Crippen molar-refractivity contribution in [3.05, 3.63) is 142 Å². The predicted octanol–water partition coefficient (Wildman–Crippen LogP) is 15.9. The van der Waals surface area contributed by atoms with Crippen molar-refractivity contribution < 1.29 is 13.2 Å². The van der Waals surface area contributed by atoms with E-state index in [1.54, 1.807) is 6.92 Å². The quantitative estimate of drug-likeness (QED) is 0.175. The molecule has 6 heteroatoms. The van der Waals surface area contributed by atoms with Gasteiger partial charge in [-0.2, -0.15) is 18.4 Å². The standard InChI is InChI=1S/C55H56F3N3/c1-32-22-34(26-39(23-32)55(56,57)58)50-48(60-44-18-14-35(51(2,3)4)27-40(44)41-28-36(52(5,6)7)15-19-45(41)60)24-33(31-59)25-49(50)61-46-20-16-37(53(8,9)10)29-42(46)43-30-38(54(11,12)13)17-21-47(43)61/h14-30H,1-13H3. The molecule has 0 saturated carbocycles. The van der Waals surface area contributed by atoms with Gasteiger partial charge in [0.05, 0.1) is 50.6 Å². The number of benzene rings is 6. The van der Waals surface area contributed by atoms with E-state index in [1.165, 1.54) is 34.4 Å². The van der Waals surface area contributed by atoms with Crippen molar-refractivity contribution in [1.82, 2.24) is 9.13 Å². The van der Waals surface area contributed by atoms with E-state index in [4.69, 9.17) is 0 Å². The van der Waals surface area contributed by atoms with Crippen LogP contribution in [0.5, 0.6) is 0 Å². The fraction of sp³-hybridized carbons (Fsp3) is 0.327. The first-order chi connectivity index (χ1) is 28.3. The second kappa shape index (κ2) is 13.9. The van der Waals surface area contributed by atoms with Gasteiger partial charge >= 0.3 is 6.18 Å². The van der Waals surface area contributed by atoms with Gasteiger partial charge in [0.1, 0.15) is 0 Å². The van der Waals surface area contributed by atoms with Crippen LogP contribution < -0.4 is 0 Å². The van der Waals surface area contributed by atoms with Crippen molar-refractivity contribution in [1.29, 1.82) is 5.26 Å². The number of hydrogen-bond acceptors (Lipinski definition) is 1. The molecule has 0 radical (unpaired) electrons. The summed E-state index contributed by atoms with van der Waals surface area (Å²) in [6.45, 7) is 28.1. The average molecular weight is 816 g/mol. The van der Waals surface area contributed by atoms with Crippen LogP contribution in [0.4, 0.5) is 13.2 Å². The summed E-state index contributed by atoms with van der Waals surface area (Å²) in [5.41, 5.74) is 10.3. The van der Waals surface area contributed by atoms with Gasteiger partial charge in [-0.1, -0.05) is 113 Å². The number of halogens is 3. The van der Waals surface area contributed by atoms with Gasteiger partial charge in [-0.3, -0.25) is 0 Å². The first-order valence-electron chi connectivity index (χ1n) is 21.2.